The number of benzene rings is 1. The van der Waals surface area contributed by atoms with Crippen LogP contribution in [0.3, 0.4) is 0 Å². The quantitative estimate of drug-likeness (QED) is 0.732. The van der Waals surface area contributed by atoms with E-state index in [1.54, 1.807) is 5.57 Å². The summed E-state index contributed by atoms with van der Waals surface area (Å²) in [7, 11) is 0. The first-order chi connectivity index (χ1) is 10.3. The first-order valence-corrected chi connectivity index (χ1v) is 7.87. The van der Waals surface area contributed by atoms with Crippen LogP contribution in [0.25, 0.3) is 11.6 Å². The van der Waals surface area contributed by atoms with Crippen molar-refractivity contribution in [3.63, 3.8) is 0 Å². The average Bonchev–Trinajstić information content (AvgIpc) is 2.53. The zero-order valence-corrected chi connectivity index (χ0v) is 12.4. The Morgan fingerprint density at radius 1 is 1.10 bits per heavy atom. The second kappa shape index (κ2) is 5.04. The predicted molar refractivity (Wildman–Crippen MR) is 89.9 cm³/mol. The highest BCUT2D eigenvalue weighted by molar-refractivity contribution is 5.70. The largest absolute Gasteiger partial charge is 0.0767 e. The molecule has 21 heavy (non-hydrogen) atoms. The second-order valence-electron chi connectivity index (χ2n) is 6.19. The summed E-state index contributed by atoms with van der Waals surface area (Å²) in [5.74, 6) is 1.04. The first kappa shape index (κ1) is 12.6. The molecule has 0 fully saturated rings. The van der Waals surface area contributed by atoms with E-state index in [4.69, 9.17) is 0 Å². The smallest absolute Gasteiger partial charge is 0.0122 e. The Morgan fingerprint density at radius 2 is 2.00 bits per heavy atom. The van der Waals surface area contributed by atoms with Crippen LogP contribution in [0.2, 0.25) is 0 Å². The Labute approximate surface area is 126 Å². The lowest BCUT2D eigenvalue weighted by atomic mass is 9.74. The monoisotopic (exact) mass is 272 g/mol. The van der Waals surface area contributed by atoms with Crippen molar-refractivity contribution in [3.05, 3.63) is 82.3 Å². The van der Waals surface area contributed by atoms with Gasteiger partial charge in [0.15, 0.2) is 0 Å². The molecule has 0 amide bonds. The molecule has 0 heterocycles. The van der Waals surface area contributed by atoms with E-state index in [0.29, 0.717) is 11.8 Å². The Hall–Kier alpha value is -2.08. The van der Waals surface area contributed by atoms with Gasteiger partial charge in [0, 0.05) is 11.8 Å². The fraction of sp³-hybridized carbons (Fsp3) is 0.238. The van der Waals surface area contributed by atoms with Gasteiger partial charge in [-0.25, -0.2) is 0 Å². The van der Waals surface area contributed by atoms with Crippen molar-refractivity contribution < 1.29 is 0 Å². The molecule has 0 saturated carbocycles. The lowest BCUT2D eigenvalue weighted by Gasteiger charge is -2.30. The third kappa shape index (κ3) is 2.15. The number of fused-ring (bicyclic) bond motifs is 2. The molecule has 1 aromatic rings. The molecule has 2 unspecified atom stereocenters. The summed E-state index contributed by atoms with van der Waals surface area (Å²) in [6.07, 6.45) is 18.7. The van der Waals surface area contributed by atoms with Crippen LogP contribution < -0.4 is 10.4 Å². The van der Waals surface area contributed by atoms with Crippen LogP contribution in [0.15, 0.2) is 71.9 Å². The van der Waals surface area contributed by atoms with Gasteiger partial charge in [-0.05, 0) is 41.3 Å². The molecule has 0 saturated heterocycles. The molecule has 0 bridgehead atoms. The third-order valence-electron chi connectivity index (χ3n) is 4.80. The molecule has 104 valence electrons. The fourth-order valence-electron chi connectivity index (χ4n) is 3.79. The molecule has 0 radical (unpaired) electrons. The maximum Gasteiger partial charge on any atom is 0.0122 e. The normalized spacial score (nSPS) is 26.4. The number of hydrogen-bond donors (Lipinski definition) is 0. The summed E-state index contributed by atoms with van der Waals surface area (Å²) in [6, 6.07) is 8.83. The van der Waals surface area contributed by atoms with E-state index in [0.717, 1.165) is 12.8 Å². The number of rotatable bonds is 1. The molecule has 0 aromatic heterocycles. The molecule has 0 nitrogen and oxygen atoms in total. The van der Waals surface area contributed by atoms with Crippen LogP contribution in [-0.2, 0) is 0 Å². The molecular weight excluding hydrogens is 252 g/mol. The molecule has 0 heteroatoms. The van der Waals surface area contributed by atoms with Crippen LogP contribution in [0.5, 0.6) is 0 Å². The van der Waals surface area contributed by atoms with E-state index >= 15 is 0 Å². The number of hydrogen-bond acceptors (Lipinski definition) is 0. The maximum atomic E-state index is 2.40. The summed E-state index contributed by atoms with van der Waals surface area (Å²) >= 11 is 0. The van der Waals surface area contributed by atoms with Crippen molar-refractivity contribution >= 4 is 11.6 Å². The fourth-order valence-corrected chi connectivity index (χ4v) is 3.79. The highest BCUT2D eigenvalue weighted by Gasteiger charge is 2.26. The van der Waals surface area contributed by atoms with E-state index in [1.165, 1.54) is 21.6 Å². The van der Waals surface area contributed by atoms with Gasteiger partial charge in [-0.3, -0.25) is 0 Å². The van der Waals surface area contributed by atoms with Crippen LogP contribution in [0.4, 0.5) is 0 Å². The predicted octanol–water partition coefficient (Wildman–Crippen LogP) is 3.66. The summed E-state index contributed by atoms with van der Waals surface area (Å²) < 4.78 is 0. The molecular formula is C21H20. The van der Waals surface area contributed by atoms with Crippen molar-refractivity contribution in [2.75, 3.05) is 0 Å². The topological polar surface area (TPSA) is 0 Å². The van der Waals surface area contributed by atoms with Crippen molar-refractivity contribution in [3.8, 4) is 0 Å². The number of allylic oxidation sites excluding steroid dienone is 8. The summed E-state index contributed by atoms with van der Waals surface area (Å²) in [6.45, 7) is 2.19. The standard InChI is InChI=1S/C21H20/c1-15-12-13-19-17(14-15)8-5-11-21(19)20-10-4-7-16-6-2-3-9-18(16)20/h2-3,5-9,11-14,17,19H,4,10H2,1H3. The molecule has 4 rings (SSSR count). The van der Waals surface area contributed by atoms with Crippen molar-refractivity contribution in [1.82, 2.24) is 0 Å². The minimum atomic E-state index is 0.514. The van der Waals surface area contributed by atoms with Crippen LogP contribution >= 0.6 is 0 Å². The summed E-state index contributed by atoms with van der Waals surface area (Å²) in [5.41, 5.74) is 4.44. The van der Waals surface area contributed by atoms with Crippen LogP contribution in [0, 0.1) is 11.8 Å². The maximum absolute atomic E-state index is 2.40. The van der Waals surface area contributed by atoms with Gasteiger partial charge >= 0.3 is 0 Å². The molecule has 3 aliphatic carbocycles. The molecule has 0 aliphatic heterocycles. The molecule has 0 spiro atoms. The van der Waals surface area contributed by atoms with Crippen LogP contribution in [0.1, 0.15) is 19.8 Å². The highest BCUT2D eigenvalue weighted by atomic mass is 14.3. The van der Waals surface area contributed by atoms with Gasteiger partial charge in [-0.15, -0.1) is 0 Å². The van der Waals surface area contributed by atoms with Crippen molar-refractivity contribution in [2.45, 2.75) is 19.8 Å². The van der Waals surface area contributed by atoms with Gasteiger partial charge in [0.2, 0.25) is 0 Å². The van der Waals surface area contributed by atoms with E-state index in [1.807, 2.05) is 0 Å². The zero-order chi connectivity index (χ0) is 14.2. The lowest BCUT2D eigenvalue weighted by Crippen LogP contribution is -2.31. The van der Waals surface area contributed by atoms with Crippen molar-refractivity contribution in [2.24, 2.45) is 11.8 Å². The minimum absolute atomic E-state index is 0.514. The first-order valence-electron chi connectivity index (χ1n) is 7.87. The minimum Gasteiger partial charge on any atom is -0.0767 e. The van der Waals surface area contributed by atoms with Crippen LogP contribution in [-0.4, -0.2) is 0 Å². The Bertz CT molecular complexity index is 812. The van der Waals surface area contributed by atoms with Gasteiger partial charge in [0.1, 0.15) is 0 Å². The van der Waals surface area contributed by atoms with E-state index in [9.17, 15) is 0 Å². The SMILES string of the molecule is CC1=CC2C=CC=C(C3=c4ccccc4=CCC3)C2C=C1. The summed E-state index contributed by atoms with van der Waals surface area (Å²) in [5, 5.41) is 2.83. The Kier molecular flexibility index (Phi) is 3.03. The summed E-state index contributed by atoms with van der Waals surface area (Å²) in [4.78, 5) is 0. The van der Waals surface area contributed by atoms with Gasteiger partial charge in [0.05, 0.1) is 0 Å². The van der Waals surface area contributed by atoms with Gasteiger partial charge < -0.3 is 0 Å². The van der Waals surface area contributed by atoms with Gasteiger partial charge in [0.25, 0.3) is 0 Å². The Morgan fingerprint density at radius 3 is 2.95 bits per heavy atom. The van der Waals surface area contributed by atoms with E-state index in [-0.39, 0.29) is 0 Å². The average molecular weight is 272 g/mol. The lowest BCUT2D eigenvalue weighted by molar-refractivity contribution is 0.630. The Balaban J connectivity index is 1.88. The van der Waals surface area contributed by atoms with Crippen molar-refractivity contribution in [1.29, 1.82) is 0 Å². The molecule has 0 N–H and O–H groups in total. The van der Waals surface area contributed by atoms with Gasteiger partial charge in [-0.1, -0.05) is 72.4 Å². The third-order valence-corrected chi connectivity index (χ3v) is 4.80. The molecule has 2 atom stereocenters. The van der Waals surface area contributed by atoms with E-state index in [2.05, 4.69) is 73.7 Å². The second-order valence-corrected chi connectivity index (χ2v) is 6.19. The van der Waals surface area contributed by atoms with E-state index < -0.39 is 0 Å². The zero-order valence-electron chi connectivity index (χ0n) is 12.4. The highest BCUT2D eigenvalue weighted by Crippen LogP contribution is 2.38. The molecule has 1 aromatic carbocycles. The molecule has 3 aliphatic rings. The van der Waals surface area contributed by atoms with Gasteiger partial charge in [-0.2, -0.15) is 0 Å².